The third-order valence-corrected chi connectivity index (χ3v) is 5.82. The van der Waals surface area contributed by atoms with Gasteiger partial charge >= 0.3 is 6.09 Å². The third kappa shape index (κ3) is 8.29. The molecular formula is C27H40ClNO4. The molecule has 0 spiro atoms. The summed E-state index contributed by atoms with van der Waals surface area (Å²) in [4.78, 5) is 15.1. The molecule has 0 heterocycles. The smallest absolute Gasteiger partial charge is 0.415 e. The Labute approximate surface area is 204 Å². The minimum atomic E-state index is -0.323. The van der Waals surface area contributed by atoms with Crippen LogP contribution in [0.3, 0.4) is 0 Å². The number of hydrogen-bond donors (Lipinski definition) is 0. The van der Waals surface area contributed by atoms with E-state index in [1.807, 2.05) is 36.9 Å². The van der Waals surface area contributed by atoms with E-state index in [0.29, 0.717) is 48.6 Å². The first-order valence-corrected chi connectivity index (χ1v) is 12.9. The van der Waals surface area contributed by atoms with Crippen molar-refractivity contribution in [2.24, 2.45) is 0 Å². The van der Waals surface area contributed by atoms with Crippen molar-refractivity contribution in [2.75, 3.05) is 26.3 Å². The predicted octanol–water partition coefficient (Wildman–Crippen LogP) is 8.25. The number of unbranched alkanes of at least 4 members (excludes halogenated alkanes) is 6. The van der Waals surface area contributed by atoms with E-state index in [4.69, 9.17) is 25.8 Å². The van der Waals surface area contributed by atoms with Crippen LogP contribution in [0.2, 0.25) is 5.02 Å². The maximum atomic E-state index is 13.2. The van der Waals surface area contributed by atoms with E-state index in [-0.39, 0.29) is 6.09 Å². The van der Waals surface area contributed by atoms with Gasteiger partial charge in [0.15, 0.2) is 11.5 Å². The van der Waals surface area contributed by atoms with Gasteiger partial charge < -0.3 is 19.1 Å². The van der Waals surface area contributed by atoms with Gasteiger partial charge in [-0.25, -0.2) is 4.79 Å². The van der Waals surface area contributed by atoms with Crippen LogP contribution in [0, 0.1) is 0 Å². The Hall–Kier alpha value is -2.14. The summed E-state index contributed by atoms with van der Waals surface area (Å²) in [6.45, 7) is 10.6. The third-order valence-electron chi connectivity index (χ3n) is 5.58. The summed E-state index contributed by atoms with van der Waals surface area (Å²) < 4.78 is 17.7. The Bertz CT molecular complexity index is 859. The molecule has 2 rings (SSSR count). The van der Waals surface area contributed by atoms with Gasteiger partial charge in [0.1, 0.15) is 5.75 Å². The Morgan fingerprint density at radius 1 is 0.788 bits per heavy atom. The summed E-state index contributed by atoms with van der Waals surface area (Å²) in [5.74, 6) is 1.65. The predicted molar refractivity (Wildman–Crippen MR) is 137 cm³/mol. The lowest BCUT2D eigenvalue weighted by atomic mass is 10.1. The number of ether oxygens (including phenoxy) is 3. The molecular weight excluding hydrogens is 438 g/mol. The van der Waals surface area contributed by atoms with Crippen LogP contribution in [0.4, 0.5) is 4.79 Å². The topological polar surface area (TPSA) is 48.0 Å². The van der Waals surface area contributed by atoms with Crippen molar-refractivity contribution < 1.29 is 19.0 Å². The molecule has 2 aromatic rings. The molecule has 5 nitrogen and oxygen atoms in total. The fraction of sp³-hybridized carbons (Fsp3) is 0.593. The van der Waals surface area contributed by atoms with Gasteiger partial charge in [0.05, 0.1) is 13.2 Å². The number of carbonyl (C=O) groups excluding carboxylic acids is 1. The molecule has 2 aromatic carbocycles. The maximum absolute atomic E-state index is 13.2. The van der Waals surface area contributed by atoms with E-state index in [0.717, 1.165) is 36.5 Å². The summed E-state index contributed by atoms with van der Waals surface area (Å²) >= 11 is 6.29. The second kappa shape index (κ2) is 14.9. The molecule has 6 heteroatoms. The number of fused-ring (bicyclic) bond motifs is 1. The molecule has 0 aliphatic carbocycles. The van der Waals surface area contributed by atoms with Gasteiger partial charge in [-0.05, 0) is 44.9 Å². The Balaban J connectivity index is 2.32. The molecule has 1 amide bonds. The average Bonchev–Trinajstić information content (AvgIpc) is 2.80. The Kier molecular flexibility index (Phi) is 12.2. The first-order chi connectivity index (χ1) is 16.0. The molecule has 33 heavy (non-hydrogen) atoms. The zero-order valence-electron chi connectivity index (χ0n) is 20.8. The highest BCUT2D eigenvalue weighted by Crippen LogP contribution is 2.43. The van der Waals surface area contributed by atoms with E-state index < -0.39 is 0 Å². The molecule has 0 saturated carbocycles. The number of hydrogen-bond acceptors (Lipinski definition) is 4. The highest BCUT2D eigenvalue weighted by atomic mass is 35.5. The van der Waals surface area contributed by atoms with E-state index >= 15 is 0 Å². The monoisotopic (exact) mass is 477 g/mol. The quantitative estimate of drug-likeness (QED) is 0.242. The van der Waals surface area contributed by atoms with E-state index in [2.05, 4.69) is 13.8 Å². The molecule has 0 radical (unpaired) electrons. The van der Waals surface area contributed by atoms with Gasteiger partial charge in [0.25, 0.3) is 0 Å². The first kappa shape index (κ1) is 27.1. The van der Waals surface area contributed by atoms with Crippen molar-refractivity contribution >= 4 is 28.5 Å². The summed E-state index contributed by atoms with van der Waals surface area (Å²) in [5.41, 5.74) is 0. The molecule has 0 unspecified atom stereocenters. The Morgan fingerprint density at radius 2 is 1.42 bits per heavy atom. The van der Waals surface area contributed by atoms with E-state index in [1.165, 1.54) is 25.7 Å². The van der Waals surface area contributed by atoms with E-state index in [1.54, 1.807) is 6.07 Å². The maximum Gasteiger partial charge on any atom is 0.415 e. The molecule has 0 N–H and O–H groups in total. The zero-order valence-corrected chi connectivity index (χ0v) is 21.5. The lowest BCUT2D eigenvalue weighted by Crippen LogP contribution is -2.35. The standard InChI is InChI=1S/C27H40ClNO4/c1-5-9-11-13-17-29(18-14-12-10-6-2)27(30)33-24-20-25(31-7-3)26(32-8-4)22-16-15-21(28)19-23(22)24/h15-16,19-20H,5-14,17-18H2,1-4H3. The van der Waals surface area contributed by atoms with Crippen LogP contribution in [0.15, 0.2) is 24.3 Å². The summed E-state index contributed by atoms with van der Waals surface area (Å²) in [6.07, 6.45) is 8.57. The van der Waals surface area contributed by atoms with Crippen molar-refractivity contribution in [3.8, 4) is 17.2 Å². The van der Waals surface area contributed by atoms with Crippen LogP contribution in [-0.4, -0.2) is 37.3 Å². The number of carbonyl (C=O) groups is 1. The largest absolute Gasteiger partial charge is 0.490 e. The lowest BCUT2D eigenvalue weighted by Gasteiger charge is -2.23. The molecule has 0 bridgehead atoms. The number of halogens is 1. The minimum Gasteiger partial charge on any atom is -0.490 e. The summed E-state index contributed by atoms with van der Waals surface area (Å²) in [6, 6.07) is 7.25. The number of benzene rings is 2. The van der Waals surface area contributed by atoms with Crippen molar-refractivity contribution in [3.05, 3.63) is 29.3 Å². The highest BCUT2D eigenvalue weighted by molar-refractivity contribution is 6.31. The fourth-order valence-electron chi connectivity index (χ4n) is 3.87. The first-order valence-electron chi connectivity index (χ1n) is 12.5. The fourth-order valence-corrected chi connectivity index (χ4v) is 4.04. The molecule has 0 atom stereocenters. The molecule has 0 saturated heterocycles. The van der Waals surface area contributed by atoms with Crippen LogP contribution in [0.5, 0.6) is 17.2 Å². The van der Waals surface area contributed by atoms with Crippen molar-refractivity contribution in [1.29, 1.82) is 0 Å². The van der Waals surface area contributed by atoms with Gasteiger partial charge in [0, 0.05) is 35.0 Å². The molecule has 184 valence electrons. The minimum absolute atomic E-state index is 0.323. The molecule has 0 aliphatic rings. The van der Waals surface area contributed by atoms with Crippen molar-refractivity contribution in [2.45, 2.75) is 79.1 Å². The summed E-state index contributed by atoms with van der Waals surface area (Å²) in [5, 5.41) is 2.12. The van der Waals surface area contributed by atoms with Crippen LogP contribution in [-0.2, 0) is 0 Å². The number of rotatable bonds is 15. The van der Waals surface area contributed by atoms with Gasteiger partial charge in [-0.3, -0.25) is 0 Å². The lowest BCUT2D eigenvalue weighted by molar-refractivity contribution is 0.150. The van der Waals surface area contributed by atoms with E-state index in [9.17, 15) is 4.79 Å². The van der Waals surface area contributed by atoms with Gasteiger partial charge in [-0.2, -0.15) is 0 Å². The average molecular weight is 478 g/mol. The summed E-state index contributed by atoms with van der Waals surface area (Å²) in [7, 11) is 0. The second-order valence-corrected chi connectivity index (χ2v) is 8.67. The zero-order chi connectivity index (χ0) is 24.1. The highest BCUT2D eigenvalue weighted by Gasteiger charge is 2.21. The number of amides is 1. The van der Waals surface area contributed by atoms with Gasteiger partial charge in [-0.1, -0.05) is 64.0 Å². The van der Waals surface area contributed by atoms with Crippen LogP contribution in [0.25, 0.3) is 10.8 Å². The molecule has 0 aromatic heterocycles. The molecule has 0 aliphatic heterocycles. The second-order valence-electron chi connectivity index (χ2n) is 8.23. The van der Waals surface area contributed by atoms with Crippen LogP contribution < -0.4 is 14.2 Å². The Morgan fingerprint density at radius 3 is 2.00 bits per heavy atom. The number of nitrogens with zero attached hydrogens (tertiary/aromatic N) is 1. The molecule has 0 fully saturated rings. The normalized spacial score (nSPS) is 10.9. The van der Waals surface area contributed by atoms with Crippen molar-refractivity contribution in [3.63, 3.8) is 0 Å². The van der Waals surface area contributed by atoms with Crippen molar-refractivity contribution in [1.82, 2.24) is 4.90 Å². The van der Waals surface area contributed by atoms with Gasteiger partial charge in [-0.15, -0.1) is 0 Å². The van der Waals surface area contributed by atoms with Crippen LogP contribution >= 0.6 is 11.6 Å². The SMILES string of the molecule is CCCCCCN(CCCCCC)C(=O)Oc1cc(OCC)c(OCC)c2ccc(Cl)cc12. The van der Waals surface area contributed by atoms with Gasteiger partial charge in [0.2, 0.25) is 0 Å². The van der Waals surface area contributed by atoms with Crippen LogP contribution in [0.1, 0.15) is 79.1 Å².